The number of carbonyl (C=O) groups is 2. The number of nitrogens with two attached hydrogens (primary N) is 1. The number of nitrogens with zero attached hydrogens (tertiary/aromatic N) is 1. The van der Waals surface area contributed by atoms with Gasteiger partial charge in [0, 0.05) is 31.8 Å². The Morgan fingerprint density at radius 3 is 2.43 bits per heavy atom. The number of carbonyl (C=O) groups excluding carboxylic acids is 2. The van der Waals surface area contributed by atoms with Gasteiger partial charge in [-0.05, 0) is 49.8 Å². The molecule has 1 aliphatic heterocycles. The molecule has 0 aromatic heterocycles. The first-order valence-electron chi connectivity index (χ1n) is 10.5. The van der Waals surface area contributed by atoms with Crippen molar-refractivity contribution in [2.24, 2.45) is 17.6 Å². The molecule has 0 unspecified atom stereocenters. The zero-order valence-corrected chi connectivity index (χ0v) is 18.1. The molecule has 1 heterocycles. The molecule has 2 atom stereocenters. The molecule has 1 aromatic carbocycles. The van der Waals surface area contributed by atoms with Crippen LogP contribution >= 0.6 is 0 Å². The van der Waals surface area contributed by atoms with Crippen LogP contribution in [0.25, 0.3) is 0 Å². The number of likely N-dealkylation sites (tertiary alicyclic amines) is 1. The molecule has 30 heavy (non-hydrogen) atoms. The second-order valence-electron chi connectivity index (χ2n) is 8.49. The van der Waals surface area contributed by atoms with E-state index in [1.54, 1.807) is 0 Å². The van der Waals surface area contributed by atoms with Crippen molar-refractivity contribution < 1.29 is 22.4 Å². The minimum absolute atomic E-state index is 0.0358. The molecule has 2 aliphatic rings. The van der Waals surface area contributed by atoms with Crippen LogP contribution in [0.4, 0.5) is 10.1 Å². The molecule has 1 saturated heterocycles. The molecule has 2 amide bonds. The maximum absolute atomic E-state index is 14.1. The molecule has 0 spiro atoms. The van der Waals surface area contributed by atoms with E-state index in [4.69, 9.17) is 5.73 Å². The number of benzene rings is 1. The monoisotopic (exact) mass is 439 g/mol. The maximum Gasteiger partial charge on any atom is 0.227 e. The van der Waals surface area contributed by atoms with E-state index in [0.717, 1.165) is 50.8 Å². The lowest BCUT2D eigenvalue weighted by Crippen LogP contribution is -2.48. The van der Waals surface area contributed by atoms with Gasteiger partial charge in [0.15, 0.2) is 9.84 Å². The third-order valence-corrected chi connectivity index (χ3v) is 7.29. The minimum Gasteiger partial charge on any atom is -0.342 e. The number of nitrogens with one attached hydrogen (secondary N) is 1. The van der Waals surface area contributed by atoms with Crippen LogP contribution in [-0.4, -0.2) is 50.5 Å². The van der Waals surface area contributed by atoms with Gasteiger partial charge in [-0.2, -0.15) is 0 Å². The standard InChI is InChI=1S/C21H30FN3O4S/c1-30(28,29)15-6-7-19(17(22)13-15)24-20(26)12-14-8-10-25(11-9-14)21(27)16-4-2-3-5-18(16)23/h6-7,13-14,16,18H,2-5,8-12,23H2,1H3,(H,24,26)/t16-,18-/m1/s1. The summed E-state index contributed by atoms with van der Waals surface area (Å²) in [4.78, 5) is 26.8. The van der Waals surface area contributed by atoms with Gasteiger partial charge in [0.1, 0.15) is 5.82 Å². The van der Waals surface area contributed by atoms with Crippen LogP contribution in [0.1, 0.15) is 44.9 Å². The zero-order valence-electron chi connectivity index (χ0n) is 17.3. The van der Waals surface area contributed by atoms with Gasteiger partial charge in [0.25, 0.3) is 0 Å². The number of hydrogen-bond donors (Lipinski definition) is 2. The summed E-state index contributed by atoms with van der Waals surface area (Å²) >= 11 is 0. The van der Waals surface area contributed by atoms with Crippen LogP contribution in [0, 0.1) is 17.7 Å². The normalized spacial score (nSPS) is 23.2. The highest BCUT2D eigenvalue weighted by atomic mass is 32.2. The van der Waals surface area contributed by atoms with Crippen molar-refractivity contribution in [3.05, 3.63) is 24.0 Å². The van der Waals surface area contributed by atoms with Gasteiger partial charge in [-0.25, -0.2) is 12.8 Å². The molecular weight excluding hydrogens is 409 g/mol. The van der Waals surface area contributed by atoms with Gasteiger partial charge in [-0.1, -0.05) is 12.8 Å². The highest BCUT2D eigenvalue weighted by molar-refractivity contribution is 7.90. The summed E-state index contributed by atoms with van der Waals surface area (Å²) in [5, 5.41) is 2.52. The highest BCUT2D eigenvalue weighted by Crippen LogP contribution is 2.28. The molecule has 0 bridgehead atoms. The minimum atomic E-state index is -3.51. The summed E-state index contributed by atoms with van der Waals surface area (Å²) in [7, 11) is -3.51. The van der Waals surface area contributed by atoms with Gasteiger partial charge in [-0.15, -0.1) is 0 Å². The van der Waals surface area contributed by atoms with Crippen LogP contribution in [-0.2, 0) is 19.4 Å². The third-order valence-electron chi connectivity index (χ3n) is 6.18. The molecule has 0 radical (unpaired) electrons. The molecule has 166 valence electrons. The van der Waals surface area contributed by atoms with E-state index in [1.807, 2.05) is 4.90 Å². The number of hydrogen-bond acceptors (Lipinski definition) is 5. The SMILES string of the molecule is CS(=O)(=O)c1ccc(NC(=O)CC2CCN(C(=O)[C@@H]3CCCC[C@H]3N)CC2)c(F)c1. The van der Waals surface area contributed by atoms with Crippen LogP contribution in [0.3, 0.4) is 0 Å². The van der Waals surface area contributed by atoms with Gasteiger partial charge >= 0.3 is 0 Å². The Labute approximate surface area is 177 Å². The first kappa shape index (κ1) is 22.7. The van der Waals surface area contributed by atoms with Crippen molar-refractivity contribution >= 4 is 27.3 Å². The molecule has 1 saturated carbocycles. The summed E-state index contributed by atoms with van der Waals surface area (Å²) in [5.74, 6) is -0.933. The topological polar surface area (TPSA) is 110 Å². The summed E-state index contributed by atoms with van der Waals surface area (Å²) in [6.07, 6.45) is 6.55. The van der Waals surface area contributed by atoms with Crippen LogP contribution in [0.15, 0.2) is 23.1 Å². The van der Waals surface area contributed by atoms with E-state index in [9.17, 15) is 22.4 Å². The van der Waals surface area contributed by atoms with Crippen LogP contribution in [0.5, 0.6) is 0 Å². The largest absolute Gasteiger partial charge is 0.342 e. The molecule has 3 rings (SSSR count). The fourth-order valence-electron chi connectivity index (χ4n) is 4.35. The summed E-state index contributed by atoms with van der Waals surface area (Å²) in [5.41, 5.74) is 6.10. The predicted molar refractivity (Wildman–Crippen MR) is 112 cm³/mol. The van der Waals surface area contributed by atoms with Gasteiger partial charge in [0.2, 0.25) is 11.8 Å². The fraction of sp³-hybridized carbons (Fsp3) is 0.619. The van der Waals surface area contributed by atoms with E-state index < -0.39 is 15.7 Å². The Balaban J connectivity index is 1.49. The number of piperidine rings is 1. The molecular formula is C21H30FN3O4S. The van der Waals surface area contributed by atoms with E-state index in [0.29, 0.717) is 13.1 Å². The smallest absolute Gasteiger partial charge is 0.227 e. The van der Waals surface area contributed by atoms with Crippen molar-refractivity contribution in [3.63, 3.8) is 0 Å². The first-order valence-corrected chi connectivity index (χ1v) is 12.4. The van der Waals surface area contributed by atoms with Crippen molar-refractivity contribution in [2.75, 3.05) is 24.7 Å². The molecule has 3 N–H and O–H groups in total. The lowest BCUT2D eigenvalue weighted by molar-refractivity contribution is -0.138. The Bertz CT molecular complexity index is 898. The summed E-state index contributed by atoms with van der Waals surface area (Å²) in [6, 6.07) is 3.39. The van der Waals surface area contributed by atoms with Gasteiger partial charge < -0.3 is 16.0 Å². The molecule has 9 heteroatoms. The number of amides is 2. The Hall–Kier alpha value is -2.00. The Morgan fingerprint density at radius 2 is 1.83 bits per heavy atom. The van der Waals surface area contributed by atoms with Crippen molar-refractivity contribution in [3.8, 4) is 0 Å². The molecule has 1 aromatic rings. The summed E-state index contributed by atoms with van der Waals surface area (Å²) < 4.78 is 37.1. The van der Waals surface area contributed by atoms with Crippen LogP contribution in [0.2, 0.25) is 0 Å². The second kappa shape index (κ2) is 9.43. The molecule has 2 fully saturated rings. The number of sulfone groups is 1. The van der Waals surface area contributed by atoms with Gasteiger partial charge in [0.05, 0.1) is 16.5 Å². The highest BCUT2D eigenvalue weighted by Gasteiger charge is 2.33. The lowest BCUT2D eigenvalue weighted by atomic mass is 9.83. The average molecular weight is 440 g/mol. The molecule has 1 aliphatic carbocycles. The van der Waals surface area contributed by atoms with Crippen molar-refractivity contribution in [1.29, 1.82) is 0 Å². The fourth-order valence-corrected chi connectivity index (χ4v) is 4.98. The first-order chi connectivity index (χ1) is 14.1. The molecule has 7 nitrogen and oxygen atoms in total. The van der Waals surface area contributed by atoms with E-state index in [-0.39, 0.29) is 46.7 Å². The Morgan fingerprint density at radius 1 is 1.17 bits per heavy atom. The third kappa shape index (κ3) is 5.57. The van der Waals surface area contributed by atoms with Crippen molar-refractivity contribution in [1.82, 2.24) is 4.90 Å². The predicted octanol–water partition coefficient (Wildman–Crippen LogP) is 2.31. The number of anilines is 1. The van der Waals surface area contributed by atoms with E-state index in [1.165, 1.54) is 12.1 Å². The number of rotatable bonds is 5. The van der Waals surface area contributed by atoms with Crippen molar-refractivity contribution in [2.45, 2.75) is 55.9 Å². The number of halogens is 1. The van der Waals surface area contributed by atoms with E-state index >= 15 is 0 Å². The Kier molecular flexibility index (Phi) is 7.13. The quantitative estimate of drug-likeness (QED) is 0.732. The second-order valence-corrected chi connectivity index (χ2v) is 10.5. The zero-order chi connectivity index (χ0) is 21.9. The van der Waals surface area contributed by atoms with Crippen LogP contribution < -0.4 is 11.1 Å². The summed E-state index contributed by atoms with van der Waals surface area (Å²) in [6.45, 7) is 1.22. The average Bonchev–Trinajstić information content (AvgIpc) is 2.69. The van der Waals surface area contributed by atoms with E-state index in [2.05, 4.69) is 5.32 Å². The van der Waals surface area contributed by atoms with Gasteiger partial charge in [-0.3, -0.25) is 9.59 Å². The lowest BCUT2D eigenvalue weighted by Gasteiger charge is -2.37. The maximum atomic E-state index is 14.1.